The van der Waals surface area contributed by atoms with Crippen LogP contribution < -0.4 is 10.6 Å². The predicted molar refractivity (Wildman–Crippen MR) is 135 cm³/mol. The molecule has 0 aliphatic carbocycles. The number of aryl methyl sites for hydroxylation is 1. The monoisotopic (exact) mass is 486 g/mol. The average molecular weight is 487 g/mol. The number of hydrogen-bond acceptors (Lipinski definition) is 3. The van der Waals surface area contributed by atoms with E-state index >= 15 is 0 Å². The molecule has 0 saturated heterocycles. The van der Waals surface area contributed by atoms with Crippen molar-refractivity contribution in [2.24, 2.45) is 0 Å². The van der Waals surface area contributed by atoms with Crippen molar-refractivity contribution in [2.45, 2.75) is 36.8 Å². The van der Waals surface area contributed by atoms with Gasteiger partial charge in [-0.15, -0.1) is 11.8 Å². The number of rotatable bonds is 8. The molecular weight excluding hydrogens is 463 g/mol. The highest BCUT2D eigenvalue weighted by Gasteiger charge is 2.19. The van der Waals surface area contributed by atoms with E-state index in [4.69, 9.17) is 23.2 Å². The van der Waals surface area contributed by atoms with Gasteiger partial charge in [-0.05, 0) is 66.9 Å². The number of carbonyl (C=O) groups excluding carboxylic acids is 2. The SMILES string of the molecule is CCC(Sc1cccc(NC(=O)Cc2ccc(Cl)cc2)c1)C(=O)Nc1ccc(C)c(Cl)c1. The number of nitrogens with one attached hydrogen (secondary N) is 2. The summed E-state index contributed by atoms with van der Waals surface area (Å²) in [6.07, 6.45) is 0.914. The second-order valence-corrected chi connectivity index (χ2v) is 9.47. The van der Waals surface area contributed by atoms with Crippen molar-refractivity contribution in [3.05, 3.63) is 87.9 Å². The minimum atomic E-state index is -0.282. The van der Waals surface area contributed by atoms with E-state index in [-0.39, 0.29) is 23.5 Å². The molecule has 0 aliphatic heterocycles. The third-order valence-corrected chi connectivity index (χ3v) is 6.79. The molecule has 3 aromatic rings. The van der Waals surface area contributed by atoms with Crippen LogP contribution in [0.4, 0.5) is 11.4 Å². The number of halogens is 2. The van der Waals surface area contributed by atoms with Crippen LogP contribution in [0.15, 0.2) is 71.6 Å². The number of carbonyl (C=O) groups is 2. The summed E-state index contributed by atoms with van der Waals surface area (Å²) in [5.74, 6) is -0.204. The van der Waals surface area contributed by atoms with Crippen LogP contribution in [-0.2, 0) is 16.0 Å². The summed E-state index contributed by atoms with van der Waals surface area (Å²) in [6, 6.07) is 20.2. The topological polar surface area (TPSA) is 58.2 Å². The lowest BCUT2D eigenvalue weighted by molar-refractivity contribution is -0.116. The van der Waals surface area contributed by atoms with E-state index in [0.29, 0.717) is 27.8 Å². The molecule has 0 spiro atoms. The lowest BCUT2D eigenvalue weighted by atomic mass is 10.1. The second kappa shape index (κ2) is 11.4. The maximum absolute atomic E-state index is 12.8. The van der Waals surface area contributed by atoms with Gasteiger partial charge in [-0.25, -0.2) is 0 Å². The Balaban J connectivity index is 1.61. The third kappa shape index (κ3) is 7.02. The molecule has 0 bridgehead atoms. The number of amides is 2. The summed E-state index contributed by atoms with van der Waals surface area (Å²) in [7, 11) is 0. The van der Waals surface area contributed by atoms with E-state index in [9.17, 15) is 9.59 Å². The van der Waals surface area contributed by atoms with Crippen LogP contribution in [0, 0.1) is 6.92 Å². The van der Waals surface area contributed by atoms with Crippen LogP contribution in [0.5, 0.6) is 0 Å². The fourth-order valence-electron chi connectivity index (χ4n) is 3.02. The zero-order chi connectivity index (χ0) is 23.1. The molecule has 7 heteroatoms. The Hall–Kier alpha value is -2.47. The fraction of sp³-hybridized carbons (Fsp3) is 0.200. The summed E-state index contributed by atoms with van der Waals surface area (Å²) in [5.41, 5.74) is 3.21. The minimum Gasteiger partial charge on any atom is -0.326 e. The van der Waals surface area contributed by atoms with Gasteiger partial charge in [0, 0.05) is 26.3 Å². The molecule has 0 fully saturated rings. The predicted octanol–water partition coefficient (Wildman–Crippen LogP) is 6.99. The number of anilines is 2. The Bertz CT molecular complexity index is 1100. The molecule has 32 heavy (non-hydrogen) atoms. The molecular formula is C25H24Cl2N2O2S. The van der Waals surface area contributed by atoms with Gasteiger partial charge in [0.2, 0.25) is 11.8 Å². The fourth-order valence-corrected chi connectivity index (χ4v) is 4.34. The first kappa shape index (κ1) is 24.2. The van der Waals surface area contributed by atoms with Gasteiger partial charge in [0.1, 0.15) is 0 Å². The maximum atomic E-state index is 12.8. The zero-order valence-electron chi connectivity index (χ0n) is 17.8. The van der Waals surface area contributed by atoms with Gasteiger partial charge in [0.25, 0.3) is 0 Å². The smallest absolute Gasteiger partial charge is 0.237 e. The molecule has 1 unspecified atom stereocenters. The largest absolute Gasteiger partial charge is 0.326 e. The quantitative estimate of drug-likeness (QED) is 0.337. The highest BCUT2D eigenvalue weighted by molar-refractivity contribution is 8.00. The second-order valence-electron chi connectivity index (χ2n) is 7.35. The average Bonchev–Trinajstić information content (AvgIpc) is 2.76. The molecule has 0 heterocycles. The summed E-state index contributed by atoms with van der Waals surface area (Å²) >= 11 is 13.5. The van der Waals surface area contributed by atoms with Crippen LogP contribution in [-0.4, -0.2) is 17.1 Å². The van der Waals surface area contributed by atoms with Crippen molar-refractivity contribution < 1.29 is 9.59 Å². The maximum Gasteiger partial charge on any atom is 0.237 e. The van der Waals surface area contributed by atoms with Crippen LogP contribution in [0.2, 0.25) is 10.0 Å². The first-order valence-corrected chi connectivity index (χ1v) is 11.9. The Morgan fingerprint density at radius 2 is 1.66 bits per heavy atom. The third-order valence-electron chi connectivity index (χ3n) is 4.78. The molecule has 3 aromatic carbocycles. The lowest BCUT2D eigenvalue weighted by Gasteiger charge is -2.16. The first-order valence-electron chi connectivity index (χ1n) is 10.2. The van der Waals surface area contributed by atoms with Crippen LogP contribution >= 0.6 is 35.0 Å². The molecule has 0 aliphatic rings. The van der Waals surface area contributed by atoms with Crippen molar-refractivity contribution >= 4 is 58.2 Å². The molecule has 166 valence electrons. The van der Waals surface area contributed by atoms with Gasteiger partial charge in [-0.2, -0.15) is 0 Å². The summed E-state index contributed by atoms with van der Waals surface area (Å²) in [6.45, 7) is 3.89. The molecule has 0 aromatic heterocycles. The highest BCUT2D eigenvalue weighted by atomic mass is 35.5. The molecule has 4 nitrogen and oxygen atoms in total. The Morgan fingerprint density at radius 3 is 2.34 bits per heavy atom. The molecule has 2 N–H and O–H groups in total. The molecule has 1 atom stereocenters. The highest BCUT2D eigenvalue weighted by Crippen LogP contribution is 2.29. The number of hydrogen-bond donors (Lipinski definition) is 2. The van der Waals surface area contributed by atoms with E-state index < -0.39 is 0 Å². The van der Waals surface area contributed by atoms with Crippen molar-refractivity contribution in [3.8, 4) is 0 Å². The van der Waals surface area contributed by atoms with E-state index in [2.05, 4.69) is 10.6 Å². The van der Waals surface area contributed by atoms with E-state index in [0.717, 1.165) is 16.0 Å². The summed E-state index contributed by atoms with van der Waals surface area (Å²) in [5, 5.41) is 6.82. The van der Waals surface area contributed by atoms with Gasteiger partial charge in [0.05, 0.1) is 11.7 Å². The molecule has 0 saturated carbocycles. The van der Waals surface area contributed by atoms with Gasteiger partial charge in [-0.1, -0.05) is 54.4 Å². The van der Waals surface area contributed by atoms with Gasteiger partial charge in [-0.3, -0.25) is 9.59 Å². The Morgan fingerprint density at radius 1 is 0.938 bits per heavy atom. The standard InChI is InChI=1S/C25H24Cl2N2O2S/c1-3-23(25(31)29-20-12-7-16(2)22(27)15-20)32-21-6-4-5-19(14-21)28-24(30)13-17-8-10-18(26)11-9-17/h4-12,14-15,23H,3,13H2,1-2H3,(H,28,30)(H,29,31). The summed E-state index contributed by atoms with van der Waals surface area (Å²) in [4.78, 5) is 26.1. The van der Waals surface area contributed by atoms with Crippen molar-refractivity contribution in [3.63, 3.8) is 0 Å². The molecule has 0 radical (unpaired) electrons. The molecule has 3 rings (SSSR count). The Labute approximate surface area is 202 Å². The zero-order valence-corrected chi connectivity index (χ0v) is 20.2. The van der Waals surface area contributed by atoms with Gasteiger partial charge >= 0.3 is 0 Å². The van der Waals surface area contributed by atoms with Crippen LogP contribution in [0.3, 0.4) is 0 Å². The van der Waals surface area contributed by atoms with Crippen LogP contribution in [0.1, 0.15) is 24.5 Å². The number of benzene rings is 3. The summed E-state index contributed by atoms with van der Waals surface area (Å²) < 4.78 is 0. The van der Waals surface area contributed by atoms with E-state index in [1.807, 2.05) is 62.4 Å². The normalized spacial score (nSPS) is 11.6. The van der Waals surface area contributed by atoms with E-state index in [1.165, 1.54) is 11.8 Å². The first-order chi connectivity index (χ1) is 15.3. The van der Waals surface area contributed by atoms with Crippen molar-refractivity contribution in [1.82, 2.24) is 0 Å². The minimum absolute atomic E-state index is 0.0883. The lowest BCUT2D eigenvalue weighted by Crippen LogP contribution is -2.24. The van der Waals surface area contributed by atoms with Crippen molar-refractivity contribution in [2.75, 3.05) is 10.6 Å². The number of thioether (sulfide) groups is 1. The van der Waals surface area contributed by atoms with Gasteiger partial charge in [0.15, 0.2) is 0 Å². The van der Waals surface area contributed by atoms with Crippen LogP contribution in [0.25, 0.3) is 0 Å². The van der Waals surface area contributed by atoms with Crippen molar-refractivity contribution in [1.29, 1.82) is 0 Å². The molecule has 2 amide bonds. The Kier molecular flexibility index (Phi) is 8.62. The van der Waals surface area contributed by atoms with E-state index in [1.54, 1.807) is 18.2 Å². The van der Waals surface area contributed by atoms with Gasteiger partial charge < -0.3 is 10.6 Å².